The first-order valence-electron chi connectivity index (χ1n) is 5.35. The van der Waals surface area contributed by atoms with Crippen LogP contribution >= 0.6 is 11.8 Å². The fourth-order valence-electron chi connectivity index (χ4n) is 2.05. The number of carbonyl (C=O) groups is 1. The van der Waals surface area contributed by atoms with E-state index in [9.17, 15) is 4.79 Å². The summed E-state index contributed by atoms with van der Waals surface area (Å²) in [6.45, 7) is 0. The predicted molar refractivity (Wildman–Crippen MR) is 62.8 cm³/mol. The maximum absolute atomic E-state index is 11.3. The molecule has 1 fully saturated rings. The van der Waals surface area contributed by atoms with Gasteiger partial charge in [-0.15, -0.1) is 0 Å². The first kappa shape index (κ1) is 11.5. The summed E-state index contributed by atoms with van der Waals surface area (Å²) < 4.78 is 0. The lowest BCUT2D eigenvalue weighted by Gasteiger charge is -2.34. The standard InChI is InChI=1S/C10H16N4OS/c11-8(15)10(12)3-1-2-7(6-10)16-9-13-4-5-14-9/h4-5,7H,1-3,6,12H2,(H2,11,15)(H,13,14). The molecule has 0 aromatic carbocycles. The number of carbonyl (C=O) groups excluding carboxylic acids is 1. The van der Waals surface area contributed by atoms with Crippen LogP contribution in [-0.2, 0) is 4.79 Å². The van der Waals surface area contributed by atoms with Gasteiger partial charge in [0.05, 0.1) is 5.54 Å². The van der Waals surface area contributed by atoms with E-state index in [1.54, 1.807) is 24.2 Å². The Balaban J connectivity index is 1.99. The molecule has 0 aliphatic heterocycles. The van der Waals surface area contributed by atoms with Crippen LogP contribution in [0.2, 0.25) is 0 Å². The molecule has 1 aliphatic carbocycles. The molecule has 6 heteroatoms. The summed E-state index contributed by atoms with van der Waals surface area (Å²) in [5.41, 5.74) is 10.5. The van der Waals surface area contributed by atoms with Crippen LogP contribution in [0.25, 0.3) is 0 Å². The molecule has 1 saturated carbocycles. The van der Waals surface area contributed by atoms with Gasteiger partial charge in [-0.3, -0.25) is 4.79 Å². The number of nitrogens with one attached hydrogen (secondary N) is 1. The zero-order valence-electron chi connectivity index (χ0n) is 8.98. The predicted octanol–water partition coefficient (Wildman–Crippen LogP) is 0.627. The number of nitrogens with zero attached hydrogens (tertiary/aromatic N) is 1. The van der Waals surface area contributed by atoms with Gasteiger partial charge < -0.3 is 16.5 Å². The molecule has 1 heterocycles. The zero-order chi connectivity index (χ0) is 11.6. The number of H-pyrrole nitrogens is 1. The molecule has 1 aromatic rings. The van der Waals surface area contributed by atoms with Crippen molar-refractivity contribution in [3.63, 3.8) is 0 Å². The molecular formula is C10H16N4OS. The molecular weight excluding hydrogens is 224 g/mol. The van der Waals surface area contributed by atoms with Crippen LogP contribution in [0, 0.1) is 0 Å². The molecule has 0 radical (unpaired) electrons. The summed E-state index contributed by atoms with van der Waals surface area (Å²) >= 11 is 1.64. The molecule has 5 nitrogen and oxygen atoms in total. The average molecular weight is 240 g/mol. The molecule has 1 aliphatic rings. The maximum Gasteiger partial charge on any atom is 0.237 e. The summed E-state index contributed by atoms with van der Waals surface area (Å²) in [5, 5.41) is 1.19. The van der Waals surface area contributed by atoms with Gasteiger partial charge in [0.25, 0.3) is 0 Å². The van der Waals surface area contributed by atoms with E-state index < -0.39 is 11.4 Å². The second-order valence-electron chi connectivity index (χ2n) is 4.25. The fourth-order valence-corrected chi connectivity index (χ4v) is 3.29. The first-order chi connectivity index (χ1) is 7.60. The van der Waals surface area contributed by atoms with Crippen molar-refractivity contribution in [2.75, 3.05) is 0 Å². The van der Waals surface area contributed by atoms with Gasteiger partial charge >= 0.3 is 0 Å². The van der Waals surface area contributed by atoms with E-state index in [0.29, 0.717) is 18.1 Å². The number of rotatable bonds is 3. The van der Waals surface area contributed by atoms with E-state index in [-0.39, 0.29) is 0 Å². The molecule has 0 saturated heterocycles. The number of primary amides is 1. The Morgan fingerprint density at radius 2 is 2.50 bits per heavy atom. The summed E-state index contributed by atoms with van der Waals surface area (Å²) in [5.74, 6) is -0.391. The van der Waals surface area contributed by atoms with Gasteiger partial charge in [0.15, 0.2) is 5.16 Å². The smallest absolute Gasteiger partial charge is 0.237 e. The van der Waals surface area contributed by atoms with Crippen molar-refractivity contribution in [3.05, 3.63) is 12.4 Å². The number of amides is 1. The van der Waals surface area contributed by atoms with Crippen molar-refractivity contribution < 1.29 is 4.79 Å². The van der Waals surface area contributed by atoms with E-state index in [2.05, 4.69) is 9.97 Å². The lowest BCUT2D eigenvalue weighted by molar-refractivity contribution is -0.124. The molecule has 1 aromatic heterocycles. The zero-order valence-corrected chi connectivity index (χ0v) is 9.80. The highest BCUT2D eigenvalue weighted by molar-refractivity contribution is 7.99. The monoisotopic (exact) mass is 240 g/mol. The minimum absolute atomic E-state index is 0.317. The summed E-state index contributed by atoms with van der Waals surface area (Å²) in [6.07, 6.45) is 6.82. The third-order valence-corrected chi connectivity index (χ3v) is 4.17. The SMILES string of the molecule is NC(=O)C1(N)CCCC(Sc2ncc[nH]2)C1. The quantitative estimate of drug-likeness (QED) is 0.721. The summed E-state index contributed by atoms with van der Waals surface area (Å²) in [4.78, 5) is 18.5. The van der Waals surface area contributed by atoms with E-state index in [1.807, 2.05) is 0 Å². The van der Waals surface area contributed by atoms with Crippen LogP contribution in [0.4, 0.5) is 0 Å². The maximum atomic E-state index is 11.3. The molecule has 88 valence electrons. The molecule has 2 rings (SSSR count). The van der Waals surface area contributed by atoms with Crippen LogP contribution in [0.5, 0.6) is 0 Å². The third kappa shape index (κ3) is 2.38. The Bertz CT molecular complexity index is 367. The number of nitrogens with two attached hydrogens (primary N) is 2. The molecule has 1 amide bonds. The molecule has 2 atom stereocenters. The van der Waals surface area contributed by atoms with Crippen molar-refractivity contribution in [1.29, 1.82) is 0 Å². The Labute approximate surface area is 98.4 Å². The largest absolute Gasteiger partial charge is 0.368 e. The summed E-state index contributed by atoms with van der Waals surface area (Å²) in [6, 6.07) is 0. The van der Waals surface area contributed by atoms with Crippen molar-refractivity contribution in [2.24, 2.45) is 11.5 Å². The Morgan fingerprint density at radius 1 is 1.69 bits per heavy atom. The van der Waals surface area contributed by atoms with Gasteiger partial charge in [0.1, 0.15) is 0 Å². The minimum atomic E-state index is -0.831. The van der Waals surface area contributed by atoms with Crippen molar-refractivity contribution in [3.8, 4) is 0 Å². The Morgan fingerprint density at radius 3 is 3.12 bits per heavy atom. The van der Waals surface area contributed by atoms with Gasteiger partial charge in [-0.2, -0.15) is 0 Å². The Hall–Kier alpha value is -1.01. The van der Waals surface area contributed by atoms with Crippen molar-refractivity contribution in [2.45, 2.75) is 41.6 Å². The second kappa shape index (κ2) is 4.47. The fraction of sp³-hybridized carbons (Fsp3) is 0.600. The van der Waals surface area contributed by atoms with Crippen LogP contribution < -0.4 is 11.5 Å². The number of hydrogen-bond acceptors (Lipinski definition) is 4. The van der Waals surface area contributed by atoms with E-state index >= 15 is 0 Å². The van der Waals surface area contributed by atoms with Crippen LogP contribution in [0.1, 0.15) is 25.7 Å². The van der Waals surface area contributed by atoms with E-state index in [1.165, 1.54) is 0 Å². The van der Waals surface area contributed by atoms with Gasteiger partial charge in [-0.1, -0.05) is 11.8 Å². The molecule has 2 unspecified atom stereocenters. The van der Waals surface area contributed by atoms with Gasteiger partial charge in [-0.05, 0) is 25.7 Å². The topological polar surface area (TPSA) is 97.8 Å². The van der Waals surface area contributed by atoms with Gasteiger partial charge in [0.2, 0.25) is 5.91 Å². The normalized spacial score (nSPS) is 30.2. The van der Waals surface area contributed by atoms with Crippen molar-refractivity contribution in [1.82, 2.24) is 9.97 Å². The lowest BCUT2D eigenvalue weighted by atomic mass is 9.82. The second-order valence-corrected chi connectivity index (χ2v) is 5.54. The summed E-state index contributed by atoms with van der Waals surface area (Å²) in [7, 11) is 0. The molecule has 5 N–H and O–H groups in total. The molecule has 16 heavy (non-hydrogen) atoms. The van der Waals surface area contributed by atoms with Crippen molar-refractivity contribution >= 4 is 17.7 Å². The highest BCUT2D eigenvalue weighted by atomic mass is 32.2. The van der Waals surface area contributed by atoms with E-state index in [0.717, 1.165) is 18.0 Å². The third-order valence-electron chi connectivity index (χ3n) is 2.98. The van der Waals surface area contributed by atoms with Crippen LogP contribution in [0.15, 0.2) is 17.6 Å². The number of aromatic nitrogens is 2. The highest BCUT2D eigenvalue weighted by Gasteiger charge is 2.38. The number of thioether (sulfide) groups is 1. The van der Waals surface area contributed by atoms with E-state index in [4.69, 9.17) is 11.5 Å². The van der Waals surface area contributed by atoms with Crippen LogP contribution in [-0.4, -0.2) is 26.7 Å². The molecule has 0 spiro atoms. The molecule has 0 bridgehead atoms. The van der Waals surface area contributed by atoms with Gasteiger partial charge in [0, 0.05) is 17.6 Å². The Kier molecular flexibility index (Phi) is 3.20. The lowest BCUT2D eigenvalue weighted by Crippen LogP contribution is -2.55. The highest BCUT2D eigenvalue weighted by Crippen LogP contribution is 2.35. The minimum Gasteiger partial charge on any atom is -0.368 e. The number of hydrogen-bond donors (Lipinski definition) is 3. The number of aromatic amines is 1. The average Bonchev–Trinajstić information content (AvgIpc) is 2.70. The van der Waals surface area contributed by atoms with Gasteiger partial charge in [-0.25, -0.2) is 4.98 Å². The van der Waals surface area contributed by atoms with Crippen LogP contribution in [0.3, 0.4) is 0 Å². The number of imidazole rings is 1. The first-order valence-corrected chi connectivity index (χ1v) is 6.23.